The number of rotatable bonds is 4. The van der Waals surface area contributed by atoms with Gasteiger partial charge in [0.1, 0.15) is 0 Å². The van der Waals surface area contributed by atoms with Gasteiger partial charge in [0.05, 0.1) is 5.71 Å². The number of hydrogen-bond acceptors (Lipinski definition) is 2. The number of aryl methyl sites for hydroxylation is 1. The molecule has 0 atom stereocenters. The molecule has 0 saturated carbocycles. The van der Waals surface area contributed by atoms with Crippen LogP contribution in [0.2, 0.25) is 0 Å². The molecule has 0 fully saturated rings. The van der Waals surface area contributed by atoms with Crippen LogP contribution in [0.25, 0.3) is 0 Å². The van der Waals surface area contributed by atoms with Gasteiger partial charge in [-0.15, -0.1) is 0 Å². The summed E-state index contributed by atoms with van der Waals surface area (Å²) in [6.07, 6.45) is 0.752. The SMILES string of the molecule is CC/C(=N/NC(=O)c1cccc(Br)c1)c1ccc(C)cc1. The first kappa shape index (κ1) is 15.4. The number of carbonyl (C=O) groups is 1. The van der Waals surface area contributed by atoms with E-state index >= 15 is 0 Å². The molecule has 2 rings (SSSR count). The maximum absolute atomic E-state index is 12.1. The van der Waals surface area contributed by atoms with Gasteiger partial charge >= 0.3 is 0 Å². The van der Waals surface area contributed by atoms with Gasteiger partial charge in [0.25, 0.3) is 5.91 Å². The molecular formula is C17H17BrN2O. The molecule has 4 heteroatoms. The number of nitrogens with one attached hydrogen (secondary N) is 1. The Labute approximate surface area is 133 Å². The van der Waals surface area contributed by atoms with Crippen molar-refractivity contribution in [2.75, 3.05) is 0 Å². The molecule has 0 heterocycles. The first-order chi connectivity index (χ1) is 10.1. The quantitative estimate of drug-likeness (QED) is 0.651. The molecular weight excluding hydrogens is 328 g/mol. The van der Waals surface area contributed by atoms with Gasteiger partial charge in [-0.2, -0.15) is 5.10 Å². The van der Waals surface area contributed by atoms with Crippen molar-refractivity contribution in [3.05, 3.63) is 69.7 Å². The van der Waals surface area contributed by atoms with Crippen LogP contribution in [0.3, 0.4) is 0 Å². The van der Waals surface area contributed by atoms with Crippen molar-refractivity contribution in [1.29, 1.82) is 0 Å². The Morgan fingerprint density at radius 3 is 2.48 bits per heavy atom. The lowest BCUT2D eigenvalue weighted by Crippen LogP contribution is -2.20. The first-order valence-electron chi connectivity index (χ1n) is 6.79. The van der Waals surface area contributed by atoms with Crippen molar-refractivity contribution >= 4 is 27.5 Å². The number of hydrogen-bond donors (Lipinski definition) is 1. The zero-order valence-electron chi connectivity index (χ0n) is 12.1. The second-order valence-electron chi connectivity index (χ2n) is 4.73. The molecule has 0 aliphatic carbocycles. The summed E-state index contributed by atoms with van der Waals surface area (Å²) in [5.41, 5.74) is 6.28. The Morgan fingerprint density at radius 1 is 1.14 bits per heavy atom. The van der Waals surface area contributed by atoms with Crippen LogP contribution in [0.1, 0.15) is 34.8 Å². The Morgan fingerprint density at radius 2 is 1.86 bits per heavy atom. The number of carbonyl (C=O) groups excluding carboxylic acids is 1. The second-order valence-corrected chi connectivity index (χ2v) is 5.65. The van der Waals surface area contributed by atoms with Gasteiger partial charge in [0, 0.05) is 10.0 Å². The summed E-state index contributed by atoms with van der Waals surface area (Å²) in [4.78, 5) is 12.1. The molecule has 108 valence electrons. The van der Waals surface area contributed by atoms with Crippen LogP contribution in [0.4, 0.5) is 0 Å². The van der Waals surface area contributed by atoms with E-state index in [2.05, 4.69) is 26.5 Å². The third-order valence-electron chi connectivity index (χ3n) is 3.10. The molecule has 1 N–H and O–H groups in total. The Hall–Kier alpha value is -1.94. The average molecular weight is 345 g/mol. The number of amides is 1. The summed E-state index contributed by atoms with van der Waals surface area (Å²) < 4.78 is 0.869. The van der Waals surface area contributed by atoms with Gasteiger partial charge in [-0.05, 0) is 37.1 Å². The standard InChI is InChI=1S/C17H17BrN2O/c1-3-16(13-9-7-12(2)8-10-13)19-20-17(21)14-5-4-6-15(18)11-14/h4-11H,3H2,1-2H3,(H,20,21)/b19-16-. The van der Waals surface area contributed by atoms with Crippen LogP contribution < -0.4 is 5.43 Å². The molecule has 0 aromatic heterocycles. The predicted molar refractivity (Wildman–Crippen MR) is 89.6 cm³/mol. The van der Waals surface area contributed by atoms with E-state index in [1.54, 1.807) is 12.1 Å². The summed E-state index contributed by atoms with van der Waals surface area (Å²) in [5.74, 6) is -0.214. The molecule has 0 saturated heterocycles. The van der Waals surface area contributed by atoms with Crippen LogP contribution in [-0.4, -0.2) is 11.6 Å². The predicted octanol–water partition coefficient (Wildman–Crippen LogP) is 4.30. The van der Waals surface area contributed by atoms with Crippen LogP contribution in [0, 0.1) is 6.92 Å². The topological polar surface area (TPSA) is 41.5 Å². The molecule has 0 aliphatic heterocycles. The minimum atomic E-state index is -0.214. The lowest BCUT2D eigenvalue weighted by molar-refractivity contribution is 0.0954. The number of halogens is 1. The van der Waals surface area contributed by atoms with E-state index in [1.165, 1.54) is 5.56 Å². The first-order valence-corrected chi connectivity index (χ1v) is 7.59. The van der Waals surface area contributed by atoms with Crippen LogP contribution in [0.5, 0.6) is 0 Å². The van der Waals surface area contributed by atoms with E-state index in [0.717, 1.165) is 22.2 Å². The molecule has 0 unspecified atom stereocenters. The summed E-state index contributed by atoms with van der Waals surface area (Å²) >= 11 is 3.35. The highest BCUT2D eigenvalue weighted by atomic mass is 79.9. The molecule has 3 nitrogen and oxygen atoms in total. The van der Waals surface area contributed by atoms with Gasteiger partial charge in [-0.25, -0.2) is 5.43 Å². The Bertz CT molecular complexity index is 663. The Balaban J connectivity index is 2.14. The van der Waals surface area contributed by atoms with E-state index in [1.807, 2.05) is 50.2 Å². The van der Waals surface area contributed by atoms with E-state index in [9.17, 15) is 4.79 Å². The minimum Gasteiger partial charge on any atom is -0.267 e. The highest BCUT2D eigenvalue weighted by Gasteiger charge is 2.06. The van der Waals surface area contributed by atoms with Gasteiger partial charge in [0.15, 0.2) is 0 Å². The van der Waals surface area contributed by atoms with Gasteiger partial charge in [-0.3, -0.25) is 4.79 Å². The molecule has 2 aromatic rings. The van der Waals surface area contributed by atoms with Crippen molar-refractivity contribution in [2.24, 2.45) is 5.10 Å². The maximum atomic E-state index is 12.1. The summed E-state index contributed by atoms with van der Waals surface area (Å²) in [5, 5.41) is 4.25. The summed E-state index contributed by atoms with van der Waals surface area (Å²) in [6, 6.07) is 15.3. The van der Waals surface area contributed by atoms with Gasteiger partial charge in [0.2, 0.25) is 0 Å². The summed E-state index contributed by atoms with van der Waals surface area (Å²) in [7, 11) is 0. The normalized spacial score (nSPS) is 11.3. The van der Waals surface area contributed by atoms with Crippen LogP contribution >= 0.6 is 15.9 Å². The number of benzene rings is 2. The molecule has 1 amide bonds. The van der Waals surface area contributed by atoms with E-state index in [0.29, 0.717) is 5.56 Å². The van der Waals surface area contributed by atoms with Gasteiger partial charge in [-0.1, -0.05) is 58.7 Å². The summed E-state index contributed by atoms with van der Waals surface area (Å²) in [6.45, 7) is 4.06. The highest BCUT2D eigenvalue weighted by Crippen LogP contribution is 2.12. The molecule has 0 bridgehead atoms. The maximum Gasteiger partial charge on any atom is 0.271 e. The van der Waals surface area contributed by atoms with Crippen molar-refractivity contribution in [2.45, 2.75) is 20.3 Å². The zero-order valence-corrected chi connectivity index (χ0v) is 13.6. The fourth-order valence-electron chi connectivity index (χ4n) is 1.91. The molecule has 0 radical (unpaired) electrons. The third-order valence-corrected chi connectivity index (χ3v) is 3.59. The van der Waals surface area contributed by atoms with Crippen molar-refractivity contribution in [3.63, 3.8) is 0 Å². The monoisotopic (exact) mass is 344 g/mol. The van der Waals surface area contributed by atoms with Crippen LogP contribution in [-0.2, 0) is 0 Å². The van der Waals surface area contributed by atoms with E-state index in [-0.39, 0.29) is 5.91 Å². The molecule has 0 aliphatic rings. The minimum absolute atomic E-state index is 0.214. The smallest absolute Gasteiger partial charge is 0.267 e. The van der Waals surface area contributed by atoms with Crippen molar-refractivity contribution in [3.8, 4) is 0 Å². The number of hydrazone groups is 1. The lowest BCUT2D eigenvalue weighted by Gasteiger charge is -2.06. The van der Waals surface area contributed by atoms with Gasteiger partial charge < -0.3 is 0 Å². The Kier molecular flexibility index (Phi) is 5.28. The van der Waals surface area contributed by atoms with Crippen molar-refractivity contribution < 1.29 is 4.79 Å². The highest BCUT2D eigenvalue weighted by molar-refractivity contribution is 9.10. The molecule has 21 heavy (non-hydrogen) atoms. The third kappa shape index (κ3) is 4.26. The van der Waals surface area contributed by atoms with Crippen LogP contribution in [0.15, 0.2) is 58.1 Å². The fraction of sp³-hybridized carbons (Fsp3) is 0.176. The molecule has 2 aromatic carbocycles. The number of nitrogens with zero attached hydrogens (tertiary/aromatic N) is 1. The van der Waals surface area contributed by atoms with E-state index in [4.69, 9.17) is 0 Å². The zero-order chi connectivity index (χ0) is 15.2. The van der Waals surface area contributed by atoms with Crippen molar-refractivity contribution in [1.82, 2.24) is 5.43 Å². The lowest BCUT2D eigenvalue weighted by atomic mass is 10.1. The molecule has 0 spiro atoms. The fourth-order valence-corrected chi connectivity index (χ4v) is 2.31. The van der Waals surface area contributed by atoms with E-state index < -0.39 is 0 Å². The largest absolute Gasteiger partial charge is 0.271 e. The second kappa shape index (κ2) is 7.18. The average Bonchev–Trinajstić information content (AvgIpc) is 2.49.